The highest BCUT2D eigenvalue weighted by Gasteiger charge is 2.24. The Bertz CT molecular complexity index is 1300. The monoisotopic (exact) mass is 425 g/mol. The number of fused-ring (bicyclic) bond motifs is 1. The molecule has 0 saturated heterocycles. The molecule has 0 unspecified atom stereocenters. The van der Waals surface area contributed by atoms with Crippen LogP contribution in [0.1, 0.15) is 23.2 Å². The van der Waals surface area contributed by atoms with Crippen LogP contribution in [0, 0.1) is 18.3 Å². The fraction of sp³-hybridized carbons (Fsp3) is 0.250. The number of benzene rings is 2. The third-order valence-electron chi connectivity index (χ3n) is 5.71. The smallest absolute Gasteiger partial charge is 0.227 e. The van der Waals surface area contributed by atoms with Crippen molar-refractivity contribution in [2.45, 2.75) is 26.4 Å². The number of anilines is 1. The molecule has 1 aliphatic heterocycles. The second-order valence-corrected chi connectivity index (χ2v) is 7.87. The summed E-state index contributed by atoms with van der Waals surface area (Å²) in [5.41, 5.74) is 4.65. The van der Waals surface area contributed by atoms with Gasteiger partial charge in [0.05, 0.1) is 36.5 Å². The first-order valence-electron chi connectivity index (χ1n) is 10.5. The molecule has 3 heterocycles. The van der Waals surface area contributed by atoms with Crippen molar-refractivity contribution in [3.8, 4) is 28.9 Å². The summed E-state index contributed by atoms with van der Waals surface area (Å²) in [6, 6.07) is 15.9. The summed E-state index contributed by atoms with van der Waals surface area (Å²) in [5.74, 6) is 2.45. The minimum Gasteiger partial charge on any atom is -0.495 e. The molecule has 2 aromatic heterocycles. The van der Waals surface area contributed by atoms with E-state index in [0.717, 1.165) is 66.1 Å². The number of nitriles is 1. The molecule has 0 spiro atoms. The van der Waals surface area contributed by atoms with Crippen LogP contribution in [0.5, 0.6) is 5.75 Å². The van der Waals surface area contributed by atoms with Crippen LogP contribution >= 0.6 is 0 Å². The highest BCUT2D eigenvalue weighted by molar-refractivity contribution is 5.65. The molecule has 0 aliphatic carbocycles. The van der Waals surface area contributed by atoms with Gasteiger partial charge in [0, 0.05) is 31.4 Å². The third-order valence-corrected chi connectivity index (χ3v) is 5.71. The molecule has 0 bridgehead atoms. The highest BCUT2D eigenvalue weighted by Crippen LogP contribution is 2.32. The van der Waals surface area contributed by atoms with E-state index in [1.807, 2.05) is 60.2 Å². The molecule has 0 N–H and O–H groups in total. The van der Waals surface area contributed by atoms with Gasteiger partial charge < -0.3 is 14.2 Å². The molecule has 0 atom stereocenters. The maximum absolute atomic E-state index is 9.02. The number of ether oxygens (including phenoxy) is 1. The Morgan fingerprint density at radius 1 is 1.09 bits per heavy atom. The fourth-order valence-corrected chi connectivity index (χ4v) is 4.11. The molecule has 8 heteroatoms. The van der Waals surface area contributed by atoms with E-state index >= 15 is 0 Å². The Hall–Kier alpha value is -4.12. The molecule has 32 heavy (non-hydrogen) atoms. The van der Waals surface area contributed by atoms with Crippen LogP contribution in [0.2, 0.25) is 0 Å². The van der Waals surface area contributed by atoms with Crippen molar-refractivity contribution < 1.29 is 4.74 Å². The molecular weight excluding hydrogens is 402 g/mol. The van der Waals surface area contributed by atoms with Crippen LogP contribution in [-0.2, 0) is 13.1 Å². The van der Waals surface area contributed by atoms with Crippen molar-refractivity contribution in [3.05, 3.63) is 71.8 Å². The fourth-order valence-electron chi connectivity index (χ4n) is 4.11. The zero-order valence-corrected chi connectivity index (χ0v) is 18.1. The highest BCUT2D eigenvalue weighted by atomic mass is 16.5. The van der Waals surface area contributed by atoms with E-state index in [0.29, 0.717) is 5.56 Å². The molecule has 160 valence electrons. The van der Waals surface area contributed by atoms with Crippen molar-refractivity contribution >= 4 is 5.95 Å². The lowest BCUT2D eigenvalue weighted by atomic mass is 10.1. The molecule has 8 nitrogen and oxygen atoms in total. The van der Waals surface area contributed by atoms with E-state index in [-0.39, 0.29) is 0 Å². The van der Waals surface area contributed by atoms with E-state index in [4.69, 9.17) is 10.00 Å². The number of aromatic nitrogens is 5. The van der Waals surface area contributed by atoms with Gasteiger partial charge in [0.15, 0.2) is 5.82 Å². The van der Waals surface area contributed by atoms with E-state index in [1.165, 1.54) is 0 Å². The Kier molecular flexibility index (Phi) is 5.07. The van der Waals surface area contributed by atoms with Gasteiger partial charge in [0.1, 0.15) is 5.75 Å². The average molecular weight is 425 g/mol. The van der Waals surface area contributed by atoms with Crippen LogP contribution in [0.4, 0.5) is 5.95 Å². The molecule has 0 saturated carbocycles. The van der Waals surface area contributed by atoms with Gasteiger partial charge in [-0.2, -0.15) is 5.26 Å². The molecular formula is C24H23N7O. The van der Waals surface area contributed by atoms with Crippen molar-refractivity contribution in [2.24, 2.45) is 0 Å². The van der Waals surface area contributed by atoms with Crippen molar-refractivity contribution in [3.63, 3.8) is 0 Å². The summed E-state index contributed by atoms with van der Waals surface area (Å²) in [4.78, 5) is 6.55. The van der Waals surface area contributed by atoms with Gasteiger partial charge in [-0.05, 0) is 49.2 Å². The minimum absolute atomic E-state index is 0.668. The van der Waals surface area contributed by atoms with Crippen molar-refractivity contribution in [2.75, 3.05) is 18.6 Å². The summed E-state index contributed by atoms with van der Waals surface area (Å²) in [7, 11) is 1.67. The predicted molar refractivity (Wildman–Crippen MR) is 121 cm³/mol. The van der Waals surface area contributed by atoms with E-state index in [1.54, 1.807) is 13.4 Å². The lowest BCUT2D eigenvalue weighted by Gasteiger charge is -2.29. The van der Waals surface area contributed by atoms with E-state index < -0.39 is 0 Å². The van der Waals surface area contributed by atoms with Crippen LogP contribution < -0.4 is 9.64 Å². The number of hydrogen-bond donors (Lipinski definition) is 0. The molecule has 1 aliphatic rings. The predicted octanol–water partition coefficient (Wildman–Crippen LogP) is 3.73. The van der Waals surface area contributed by atoms with Crippen LogP contribution in [-0.4, -0.2) is 38.0 Å². The number of nitrogens with zero attached hydrogens (tertiary/aromatic N) is 7. The Labute approximate surface area is 186 Å². The molecule has 2 aromatic carbocycles. The summed E-state index contributed by atoms with van der Waals surface area (Å²) in [6.45, 7) is 4.47. The number of rotatable bonds is 5. The lowest BCUT2D eigenvalue weighted by Crippen LogP contribution is -2.32. The van der Waals surface area contributed by atoms with Crippen LogP contribution in [0.3, 0.4) is 0 Å². The van der Waals surface area contributed by atoms with Gasteiger partial charge in [-0.1, -0.05) is 12.1 Å². The first kappa shape index (κ1) is 19.8. The van der Waals surface area contributed by atoms with Gasteiger partial charge in [0.2, 0.25) is 5.95 Å². The first-order chi connectivity index (χ1) is 15.7. The Morgan fingerprint density at radius 2 is 1.94 bits per heavy atom. The largest absolute Gasteiger partial charge is 0.495 e. The first-order valence-corrected chi connectivity index (χ1v) is 10.5. The van der Waals surface area contributed by atoms with Gasteiger partial charge in [-0.3, -0.25) is 4.57 Å². The molecule has 0 fully saturated rings. The second kappa shape index (κ2) is 8.19. The molecule has 0 radical (unpaired) electrons. The zero-order chi connectivity index (χ0) is 22.1. The average Bonchev–Trinajstić information content (AvgIpc) is 3.46. The number of aryl methyl sites for hydroxylation is 1. The maximum atomic E-state index is 9.02. The number of hydrogen-bond acceptors (Lipinski definition) is 6. The van der Waals surface area contributed by atoms with Crippen molar-refractivity contribution in [1.29, 1.82) is 5.26 Å². The normalized spacial score (nSPS) is 13.0. The summed E-state index contributed by atoms with van der Waals surface area (Å²) in [6.07, 6.45) is 4.77. The summed E-state index contributed by atoms with van der Waals surface area (Å²) in [5, 5.41) is 18.1. The summed E-state index contributed by atoms with van der Waals surface area (Å²) < 4.78 is 9.80. The molecule has 5 rings (SSSR count). The topological polar surface area (TPSA) is 84.8 Å². The molecule has 4 aromatic rings. The third kappa shape index (κ3) is 3.58. The number of methoxy groups -OCH3 is 1. The van der Waals surface area contributed by atoms with E-state index in [2.05, 4.69) is 30.7 Å². The summed E-state index contributed by atoms with van der Waals surface area (Å²) >= 11 is 0. The molecule has 0 amide bonds. The van der Waals surface area contributed by atoms with Gasteiger partial charge >= 0.3 is 0 Å². The Morgan fingerprint density at radius 3 is 2.66 bits per heavy atom. The minimum atomic E-state index is 0.668. The second-order valence-electron chi connectivity index (χ2n) is 7.87. The maximum Gasteiger partial charge on any atom is 0.227 e. The van der Waals surface area contributed by atoms with Gasteiger partial charge in [0.25, 0.3) is 0 Å². The van der Waals surface area contributed by atoms with Gasteiger partial charge in [-0.15, -0.1) is 10.2 Å². The lowest BCUT2D eigenvalue weighted by molar-refractivity contribution is 0.413. The van der Waals surface area contributed by atoms with E-state index in [9.17, 15) is 0 Å². The van der Waals surface area contributed by atoms with Crippen molar-refractivity contribution in [1.82, 2.24) is 24.3 Å². The Balaban J connectivity index is 1.45. The number of imidazole rings is 1. The van der Waals surface area contributed by atoms with Crippen LogP contribution in [0.25, 0.3) is 17.1 Å². The van der Waals surface area contributed by atoms with Gasteiger partial charge in [-0.25, -0.2) is 4.98 Å². The van der Waals surface area contributed by atoms with Crippen LogP contribution in [0.15, 0.2) is 55.0 Å². The quantitative estimate of drug-likeness (QED) is 0.484. The SMILES string of the molecule is COc1cc(-c2nnc3n2CCCN3Cc2ccc(C#N)cc2)ccc1-n1cnc(C)c1. The standard InChI is InChI=1S/C24H23N7O/c1-17-14-30(16-26-17)21-9-8-20(12-22(21)32-2)23-27-28-24-29(10-3-11-31(23)24)15-19-6-4-18(13-25)5-7-19/h4-9,12,14,16H,3,10-11,15H2,1-2H3. The zero-order valence-electron chi connectivity index (χ0n) is 18.1.